The van der Waals surface area contributed by atoms with Gasteiger partial charge in [0.2, 0.25) is 18.6 Å². The standard InChI is InChI=1S/C18H21N3O3/c1-2-14-10-17(20-18(19-14)21-7-3-4-8-21)22-11-13-5-6-15-16(9-13)24-12-23-15/h5-6,9-10H,2-4,7-8,11-12H2,1H3. The second-order valence-corrected chi connectivity index (χ2v) is 6.02. The molecular weight excluding hydrogens is 306 g/mol. The van der Waals surface area contributed by atoms with Crippen LogP contribution in [-0.4, -0.2) is 29.9 Å². The van der Waals surface area contributed by atoms with Crippen molar-refractivity contribution in [1.29, 1.82) is 0 Å². The SMILES string of the molecule is CCc1cc(OCc2ccc3c(c2)OCO3)nc(N2CCCC2)n1. The first-order valence-corrected chi connectivity index (χ1v) is 8.46. The summed E-state index contributed by atoms with van der Waals surface area (Å²) in [6, 6.07) is 7.77. The van der Waals surface area contributed by atoms with E-state index in [9.17, 15) is 0 Å². The van der Waals surface area contributed by atoms with Crippen molar-refractivity contribution in [3.63, 3.8) is 0 Å². The molecule has 2 aliphatic rings. The lowest BCUT2D eigenvalue weighted by molar-refractivity contribution is 0.174. The molecule has 1 saturated heterocycles. The molecule has 0 atom stereocenters. The zero-order valence-electron chi connectivity index (χ0n) is 13.8. The van der Waals surface area contributed by atoms with Crippen LogP contribution in [-0.2, 0) is 13.0 Å². The number of ether oxygens (including phenoxy) is 3. The van der Waals surface area contributed by atoms with Crippen molar-refractivity contribution >= 4 is 5.95 Å². The molecule has 2 aromatic rings. The largest absolute Gasteiger partial charge is 0.473 e. The zero-order valence-corrected chi connectivity index (χ0v) is 13.8. The van der Waals surface area contributed by atoms with Crippen molar-refractivity contribution in [3.8, 4) is 17.4 Å². The fraction of sp³-hybridized carbons (Fsp3) is 0.444. The number of hydrogen-bond donors (Lipinski definition) is 0. The number of nitrogens with zero attached hydrogens (tertiary/aromatic N) is 3. The van der Waals surface area contributed by atoms with E-state index in [1.54, 1.807) is 0 Å². The smallest absolute Gasteiger partial charge is 0.231 e. The first-order valence-electron chi connectivity index (χ1n) is 8.46. The van der Waals surface area contributed by atoms with E-state index in [2.05, 4.69) is 21.8 Å². The van der Waals surface area contributed by atoms with Gasteiger partial charge in [0, 0.05) is 24.8 Å². The van der Waals surface area contributed by atoms with Gasteiger partial charge in [-0.3, -0.25) is 0 Å². The number of benzene rings is 1. The Morgan fingerprint density at radius 2 is 1.92 bits per heavy atom. The predicted octanol–water partition coefficient (Wildman–Crippen LogP) is 2.95. The van der Waals surface area contributed by atoms with Gasteiger partial charge in [-0.1, -0.05) is 13.0 Å². The minimum Gasteiger partial charge on any atom is -0.473 e. The van der Waals surface area contributed by atoms with Crippen LogP contribution in [0.3, 0.4) is 0 Å². The lowest BCUT2D eigenvalue weighted by Gasteiger charge is -2.17. The maximum absolute atomic E-state index is 5.92. The Hall–Kier alpha value is -2.50. The van der Waals surface area contributed by atoms with Gasteiger partial charge in [-0.2, -0.15) is 4.98 Å². The predicted molar refractivity (Wildman–Crippen MR) is 89.8 cm³/mol. The van der Waals surface area contributed by atoms with Crippen LogP contribution < -0.4 is 19.1 Å². The molecule has 0 aliphatic carbocycles. The van der Waals surface area contributed by atoms with Crippen molar-refractivity contribution in [1.82, 2.24) is 9.97 Å². The van der Waals surface area contributed by atoms with Gasteiger partial charge in [-0.15, -0.1) is 0 Å². The van der Waals surface area contributed by atoms with Crippen molar-refractivity contribution in [2.45, 2.75) is 32.8 Å². The van der Waals surface area contributed by atoms with Gasteiger partial charge in [0.25, 0.3) is 0 Å². The second kappa shape index (κ2) is 6.55. The van der Waals surface area contributed by atoms with Gasteiger partial charge in [0.1, 0.15) is 6.61 Å². The van der Waals surface area contributed by atoms with Crippen LogP contribution in [0, 0.1) is 0 Å². The van der Waals surface area contributed by atoms with Gasteiger partial charge in [0.15, 0.2) is 11.5 Å². The molecule has 0 saturated carbocycles. The molecule has 6 heteroatoms. The third kappa shape index (κ3) is 3.09. The van der Waals surface area contributed by atoms with Crippen LogP contribution in [0.4, 0.5) is 5.95 Å². The summed E-state index contributed by atoms with van der Waals surface area (Å²) in [5.41, 5.74) is 2.03. The first-order chi connectivity index (χ1) is 11.8. The average molecular weight is 327 g/mol. The topological polar surface area (TPSA) is 56.7 Å². The Morgan fingerprint density at radius 3 is 2.75 bits per heavy atom. The summed E-state index contributed by atoms with van der Waals surface area (Å²) >= 11 is 0. The summed E-state index contributed by atoms with van der Waals surface area (Å²) in [5, 5.41) is 0. The van der Waals surface area contributed by atoms with E-state index >= 15 is 0 Å². The third-order valence-corrected chi connectivity index (χ3v) is 4.32. The normalized spacial score (nSPS) is 15.8. The third-order valence-electron chi connectivity index (χ3n) is 4.32. The Morgan fingerprint density at radius 1 is 1.08 bits per heavy atom. The highest BCUT2D eigenvalue weighted by atomic mass is 16.7. The molecule has 126 valence electrons. The number of anilines is 1. The highest BCUT2D eigenvalue weighted by Gasteiger charge is 2.17. The van der Waals surface area contributed by atoms with Crippen molar-refractivity contribution in [3.05, 3.63) is 35.5 Å². The van der Waals surface area contributed by atoms with E-state index in [0.29, 0.717) is 12.5 Å². The maximum atomic E-state index is 5.92. The van der Waals surface area contributed by atoms with E-state index < -0.39 is 0 Å². The molecule has 1 aromatic heterocycles. The number of fused-ring (bicyclic) bond motifs is 1. The van der Waals surface area contributed by atoms with E-state index in [0.717, 1.165) is 48.2 Å². The summed E-state index contributed by atoms with van der Waals surface area (Å²) in [6.07, 6.45) is 3.27. The molecule has 1 aromatic carbocycles. The van der Waals surface area contributed by atoms with Gasteiger partial charge in [-0.25, -0.2) is 4.98 Å². The molecule has 0 unspecified atom stereocenters. The summed E-state index contributed by atoms with van der Waals surface area (Å²) in [7, 11) is 0. The number of aryl methyl sites for hydroxylation is 1. The molecule has 6 nitrogen and oxygen atoms in total. The fourth-order valence-electron chi connectivity index (χ4n) is 2.96. The fourth-order valence-corrected chi connectivity index (χ4v) is 2.96. The van der Waals surface area contributed by atoms with Gasteiger partial charge in [0.05, 0.1) is 0 Å². The van der Waals surface area contributed by atoms with E-state index in [1.165, 1.54) is 12.8 Å². The van der Waals surface area contributed by atoms with Crippen LogP contribution in [0.15, 0.2) is 24.3 Å². The Kier molecular flexibility index (Phi) is 4.11. The van der Waals surface area contributed by atoms with E-state index in [1.807, 2.05) is 24.3 Å². The monoisotopic (exact) mass is 327 g/mol. The number of hydrogen-bond acceptors (Lipinski definition) is 6. The molecule has 0 radical (unpaired) electrons. The molecule has 0 spiro atoms. The van der Waals surface area contributed by atoms with Crippen molar-refractivity contribution in [2.24, 2.45) is 0 Å². The summed E-state index contributed by atoms with van der Waals surface area (Å²) < 4.78 is 16.7. The van der Waals surface area contributed by atoms with Crippen molar-refractivity contribution in [2.75, 3.05) is 24.8 Å². The minimum atomic E-state index is 0.282. The van der Waals surface area contributed by atoms with E-state index in [4.69, 9.17) is 14.2 Å². The highest BCUT2D eigenvalue weighted by molar-refractivity contribution is 5.44. The van der Waals surface area contributed by atoms with Crippen LogP contribution in [0.2, 0.25) is 0 Å². The maximum Gasteiger partial charge on any atom is 0.231 e. The molecular formula is C18H21N3O3. The Labute approximate surface area is 141 Å². The molecule has 3 heterocycles. The first kappa shape index (κ1) is 15.1. The number of rotatable bonds is 5. The van der Waals surface area contributed by atoms with Gasteiger partial charge < -0.3 is 19.1 Å². The Bertz CT molecular complexity index is 729. The lowest BCUT2D eigenvalue weighted by Crippen LogP contribution is -2.21. The van der Waals surface area contributed by atoms with Gasteiger partial charge in [-0.05, 0) is 37.0 Å². The molecule has 24 heavy (non-hydrogen) atoms. The van der Waals surface area contributed by atoms with Crippen LogP contribution >= 0.6 is 0 Å². The zero-order chi connectivity index (χ0) is 16.4. The average Bonchev–Trinajstić information content (AvgIpc) is 3.30. The molecule has 1 fully saturated rings. The van der Waals surface area contributed by atoms with Crippen LogP contribution in [0.1, 0.15) is 31.0 Å². The quantitative estimate of drug-likeness (QED) is 0.841. The molecule has 2 aliphatic heterocycles. The van der Waals surface area contributed by atoms with Crippen LogP contribution in [0.25, 0.3) is 0 Å². The summed E-state index contributed by atoms with van der Waals surface area (Å²) in [5.74, 6) is 2.96. The molecule has 0 bridgehead atoms. The lowest BCUT2D eigenvalue weighted by atomic mass is 10.2. The molecule has 0 amide bonds. The van der Waals surface area contributed by atoms with Gasteiger partial charge >= 0.3 is 0 Å². The summed E-state index contributed by atoms with van der Waals surface area (Å²) in [6.45, 7) is 4.86. The van der Waals surface area contributed by atoms with E-state index in [-0.39, 0.29) is 6.79 Å². The highest BCUT2D eigenvalue weighted by Crippen LogP contribution is 2.32. The Balaban J connectivity index is 1.50. The van der Waals surface area contributed by atoms with Crippen LogP contribution in [0.5, 0.6) is 17.4 Å². The molecule has 0 N–H and O–H groups in total. The second-order valence-electron chi connectivity index (χ2n) is 6.02. The summed E-state index contributed by atoms with van der Waals surface area (Å²) in [4.78, 5) is 11.5. The minimum absolute atomic E-state index is 0.282. The molecule has 4 rings (SSSR count). The van der Waals surface area contributed by atoms with Crippen molar-refractivity contribution < 1.29 is 14.2 Å². The number of aromatic nitrogens is 2.